The van der Waals surface area contributed by atoms with Crippen LogP contribution in [0.3, 0.4) is 0 Å². The molecule has 0 atom stereocenters. The van der Waals surface area contributed by atoms with Crippen molar-refractivity contribution >= 4 is 11.9 Å². The average molecular weight is 208 g/mol. The third kappa shape index (κ3) is 8.24. The van der Waals surface area contributed by atoms with Crippen molar-refractivity contribution in [3.63, 3.8) is 0 Å². The van der Waals surface area contributed by atoms with Gasteiger partial charge in [0.2, 0.25) is 0 Å². The van der Waals surface area contributed by atoms with Crippen molar-refractivity contribution in [3.05, 3.63) is 48.6 Å². The van der Waals surface area contributed by atoms with E-state index in [0.29, 0.717) is 0 Å². The van der Waals surface area contributed by atoms with Crippen LogP contribution in [0.2, 0.25) is 0 Å². The normalized spacial score (nSPS) is 8.27. The molecule has 0 amide bonds. The standard InChI is InChI=1S/C8H8O2.C3H4O2/c9-8(10)6-7-4-2-1-3-5-7;1-2-3(4)5/h1-5H,6H2,(H,9,10);2H,1H2,(H,4,5). The van der Waals surface area contributed by atoms with E-state index in [1.54, 1.807) is 12.1 Å². The monoisotopic (exact) mass is 208 g/mol. The minimum absolute atomic E-state index is 0.112. The number of hydrogen-bond donors (Lipinski definition) is 2. The minimum atomic E-state index is -0.981. The number of carbonyl (C=O) groups is 2. The van der Waals surface area contributed by atoms with Crippen molar-refractivity contribution in [1.29, 1.82) is 0 Å². The summed E-state index contributed by atoms with van der Waals surface area (Å²) in [6.45, 7) is 2.96. The predicted octanol–water partition coefficient (Wildman–Crippen LogP) is 1.57. The van der Waals surface area contributed by atoms with Crippen LogP contribution in [-0.4, -0.2) is 22.2 Å². The molecule has 0 fully saturated rings. The molecule has 0 bridgehead atoms. The first-order chi connectivity index (χ1) is 7.06. The molecular weight excluding hydrogens is 196 g/mol. The summed E-state index contributed by atoms with van der Waals surface area (Å²) in [7, 11) is 0. The molecule has 0 spiro atoms. The van der Waals surface area contributed by atoms with E-state index in [1.807, 2.05) is 18.2 Å². The lowest BCUT2D eigenvalue weighted by Gasteiger charge is -1.92. The Morgan fingerprint density at radius 2 is 1.67 bits per heavy atom. The van der Waals surface area contributed by atoms with E-state index in [0.717, 1.165) is 11.6 Å². The SMILES string of the molecule is C=CC(=O)O.O=C(O)Cc1ccccc1. The summed E-state index contributed by atoms with van der Waals surface area (Å²) in [6, 6.07) is 9.13. The fraction of sp³-hybridized carbons (Fsp3) is 0.0909. The summed E-state index contributed by atoms with van der Waals surface area (Å²) in [6.07, 6.45) is 0.945. The van der Waals surface area contributed by atoms with Gasteiger partial charge in [0.1, 0.15) is 0 Å². The lowest BCUT2D eigenvalue weighted by molar-refractivity contribution is -0.136. The second kappa shape index (κ2) is 7.32. The Balaban J connectivity index is 0.000000336. The number of aliphatic carboxylic acids is 2. The van der Waals surface area contributed by atoms with Crippen molar-refractivity contribution in [1.82, 2.24) is 0 Å². The van der Waals surface area contributed by atoms with Crippen LogP contribution in [0.15, 0.2) is 43.0 Å². The zero-order chi connectivity index (χ0) is 11.7. The molecule has 4 heteroatoms. The van der Waals surface area contributed by atoms with Crippen molar-refractivity contribution in [2.24, 2.45) is 0 Å². The van der Waals surface area contributed by atoms with E-state index >= 15 is 0 Å². The van der Waals surface area contributed by atoms with Gasteiger partial charge in [-0.25, -0.2) is 4.79 Å². The first-order valence-electron chi connectivity index (χ1n) is 4.17. The Hall–Kier alpha value is -2.10. The molecule has 80 valence electrons. The summed E-state index contributed by atoms with van der Waals surface area (Å²) >= 11 is 0. The minimum Gasteiger partial charge on any atom is -0.481 e. The number of benzene rings is 1. The van der Waals surface area contributed by atoms with Crippen LogP contribution in [-0.2, 0) is 16.0 Å². The van der Waals surface area contributed by atoms with Crippen LogP contribution in [0.4, 0.5) is 0 Å². The summed E-state index contributed by atoms with van der Waals surface area (Å²) in [4.78, 5) is 19.4. The van der Waals surface area contributed by atoms with E-state index in [1.165, 1.54) is 0 Å². The number of carboxylic acids is 2. The topological polar surface area (TPSA) is 74.6 Å². The highest BCUT2D eigenvalue weighted by molar-refractivity contribution is 5.78. The van der Waals surface area contributed by atoms with E-state index < -0.39 is 11.9 Å². The maximum atomic E-state index is 10.2. The molecule has 0 unspecified atom stereocenters. The van der Waals surface area contributed by atoms with E-state index in [9.17, 15) is 9.59 Å². The maximum absolute atomic E-state index is 10.2. The molecule has 0 aromatic heterocycles. The first-order valence-corrected chi connectivity index (χ1v) is 4.17. The lowest BCUT2D eigenvalue weighted by Crippen LogP contribution is -1.98. The van der Waals surface area contributed by atoms with E-state index in [2.05, 4.69) is 6.58 Å². The Kier molecular flexibility index (Phi) is 6.29. The number of rotatable bonds is 3. The van der Waals surface area contributed by atoms with Gasteiger partial charge in [0, 0.05) is 6.08 Å². The smallest absolute Gasteiger partial charge is 0.327 e. The van der Waals surface area contributed by atoms with Crippen molar-refractivity contribution < 1.29 is 19.8 Å². The summed E-state index contributed by atoms with van der Waals surface area (Å²) in [5.74, 6) is -1.77. The molecule has 0 heterocycles. The molecule has 0 aliphatic rings. The van der Waals surface area contributed by atoms with Crippen LogP contribution >= 0.6 is 0 Å². The van der Waals surface area contributed by atoms with Crippen molar-refractivity contribution in [3.8, 4) is 0 Å². The molecule has 15 heavy (non-hydrogen) atoms. The summed E-state index contributed by atoms with van der Waals surface area (Å²) < 4.78 is 0. The van der Waals surface area contributed by atoms with Gasteiger partial charge in [-0.15, -0.1) is 0 Å². The zero-order valence-corrected chi connectivity index (χ0v) is 8.09. The highest BCUT2D eigenvalue weighted by atomic mass is 16.4. The average Bonchev–Trinajstić information content (AvgIpc) is 2.19. The fourth-order valence-electron chi connectivity index (χ4n) is 0.770. The molecule has 1 rings (SSSR count). The quantitative estimate of drug-likeness (QED) is 0.739. The molecular formula is C11H12O4. The molecule has 0 aliphatic carbocycles. The lowest BCUT2D eigenvalue weighted by atomic mass is 10.2. The van der Waals surface area contributed by atoms with Crippen LogP contribution in [0.1, 0.15) is 5.56 Å². The van der Waals surface area contributed by atoms with Gasteiger partial charge in [-0.2, -0.15) is 0 Å². The zero-order valence-electron chi connectivity index (χ0n) is 8.09. The van der Waals surface area contributed by atoms with Gasteiger partial charge in [-0.05, 0) is 5.56 Å². The molecule has 0 radical (unpaired) electrons. The van der Waals surface area contributed by atoms with E-state index in [4.69, 9.17) is 10.2 Å². The molecule has 0 saturated carbocycles. The van der Waals surface area contributed by atoms with Crippen LogP contribution < -0.4 is 0 Å². The third-order valence-electron chi connectivity index (χ3n) is 1.37. The van der Waals surface area contributed by atoms with Crippen LogP contribution in [0.25, 0.3) is 0 Å². The van der Waals surface area contributed by atoms with Crippen LogP contribution in [0.5, 0.6) is 0 Å². The van der Waals surface area contributed by atoms with Gasteiger partial charge >= 0.3 is 11.9 Å². The maximum Gasteiger partial charge on any atom is 0.327 e. The molecule has 1 aromatic carbocycles. The largest absolute Gasteiger partial charge is 0.481 e. The van der Waals surface area contributed by atoms with Gasteiger partial charge in [-0.1, -0.05) is 36.9 Å². The second-order valence-corrected chi connectivity index (χ2v) is 2.60. The third-order valence-corrected chi connectivity index (χ3v) is 1.37. The van der Waals surface area contributed by atoms with Crippen molar-refractivity contribution in [2.45, 2.75) is 6.42 Å². The fourth-order valence-corrected chi connectivity index (χ4v) is 0.770. The number of hydrogen-bond acceptors (Lipinski definition) is 2. The summed E-state index contributed by atoms with van der Waals surface area (Å²) in [5, 5.41) is 16.0. The van der Waals surface area contributed by atoms with Gasteiger partial charge in [-0.3, -0.25) is 4.79 Å². The van der Waals surface area contributed by atoms with Crippen molar-refractivity contribution in [2.75, 3.05) is 0 Å². The molecule has 1 aromatic rings. The highest BCUT2D eigenvalue weighted by Crippen LogP contribution is 1.98. The van der Waals surface area contributed by atoms with Gasteiger partial charge in [0.05, 0.1) is 6.42 Å². The first kappa shape index (κ1) is 12.9. The van der Waals surface area contributed by atoms with E-state index in [-0.39, 0.29) is 6.42 Å². The molecule has 0 saturated heterocycles. The molecule has 2 N–H and O–H groups in total. The second-order valence-electron chi connectivity index (χ2n) is 2.60. The van der Waals surface area contributed by atoms with Gasteiger partial charge in [0.15, 0.2) is 0 Å². The molecule has 4 nitrogen and oxygen atoms in total. The summed E-state index contributed by atoms with van der Waals surface area (Å²) in [5.41, 5.74) is 0.843. The van der Waals surface area contributed by atoms with Gasteiger partial charge < -0.3 is 10.2 Å². The Morgan fingerprint density at radius 3 is 2.00 bits per heavy atom. The van der Waals surface area contributed by atoms with Gasteiger partial charge in [0.25, 0.3) is 0 Å². The molecule has 0 aliphatic heterocycles. The highest BCUT2D eigenvalue weighted by Gasteiger charge is 1.96. The Bertz CT molecular complexity index is 330. The predicted molar refractivity (Wildman–Crippen MR) is 55.6 cm³/mol. The van der Waals surface area contributed by atoms with Crippen LogP contribution in [0, 0.1) is 0 Å². The Labute approximate surface area is 87.5 Å². The number of carboxylic acid groups (broad SMARTS) is 2. The Morgan fingerprint density at radius 1 is 1.20 bits per heavy atom.